The fourth-order valence-electron chi connectivity index (χ4n) is 2.03. The monoisotopic (exact) mass is 228 g/mol. The van der Waals surface area contributed by atoms with E-state index in [1.54, 1.807) is 0 Å². The maximum Gasteiger partial charge on any atom is 0.236 e. The average Bonchev–Trinajstić information content (AvgIpc) is 2.77. The van der Waals surface area contributed by atoms with Gasteiger partial charge < -0.3 is 15.8 Å². The van der Waals surface area contributed by atoms with Gasteiger partial charge in [0.2, 0.25) is 5.91 Å². The summed E-state index contributed by atoms with van der Waals surface area (Å²) < 4.78 is 5.64. The van der Waals surface area contributed by atoms with Crippen molar-refractivity contribution in [3.63, 3.8) is 0 Å². The van der Waals surface area contributed by atoms with Crippen molar-refractivity contribution in [2.75, 3.05) is 13.2 Å². The van der Waals surface area contributed by atoms with Crippen molar-refractivity contribution < 1.29 is 9.53 Å². The van der Waals surface area contributed by atoms with Gasteiger partial charge in [0, 0.05) is 6.54 Å². The number of nitrogens with one attached hydrogen (secondary N) is 1. The Bertz CT molecular complexity index is 203. The number of hydrogen-bond donors (Lipinski definition) is 2. The first-order valence-corrected chi connectivity index (χ1v) is 6.39. The Hall–Kier alpha value is -0.610. The van der Waals surface area contributed by atoms with Crippen LogP contribution in [-0.4, -0.2) is 31.2 Å². The molecule has 1 amide bonds. The molecular weight excluding hydrogens is 204 g/mol. The van der Waals surface area contributed by atoms with Crippen molar-refractivity contribution >= 4 is 5.91 Å². The van der Waals surface area contributed by atoms with Gasteiger partial charge in [-0.2, -0.15) is 0 Å². The first kappa shape index (κ1) is 13.5. The van der Waals surface area contributed by atoms with Crippen molar-refractivity contribution in [3.8, 4) is 0 Å². The van der Waals surface area contributed by atoms with E-state index in [1.165, 1.54) is 25.7 Å². The molecule has 1 aliphatic rings. The predicted molar refractivity (Wildman–Crippen MR) is 64.1 cm³/mol. The van der Waals surface area contributed by atoms with E-state index in [4.69, 9.17) is 10.5 Å². The number of hydrogen-bond acceptors (Lipinski definition) is 3. The normalized spacial score (nSPS) is 18.6. The van der Waals surface area contributed by atoms with Crippen molar-refractivity contribution in [1.29, 1.82) is 0 Å². The number of rotatable bonds is 7. The van der Waals surface area contributed by atoms with E-state index in [2.05, 4.69) is 5.32 Å². The summed E-state index contributed by atoms with van der Waals surface area (Å²) in [5.41, 5.74) is 5.68. The van der Waals surface area contributed by atoms with Crippen LogP contribution in [0.2, 0.25) is 0 Å². The van der Waals surface area contributed by atoms with Gasteiger partial charge in [0.1, 0.15) is 0 Å². The zero-order valence-electron chi connectivity index (χ0n) is 10.2. The van der Waals surface area contributed by atoms with E-state index in [0.717, 1.165) is 12.8 Å². The van der Waals surface area contributed by atoms with Crippen LogP contribution >= 0.6 is 0 Å². The van der Waals surface area contributed by atoms with Gasteiger partial charge in [0.05, 0.1) is 18.8 Å². The second-order valence-corrected chi connectivity index (χ2v) is 4.46. The summed E-state index contributed by atoms with van der Waals surface area (Å²) in [5.74, 6) is -0.0585. The van der Waals surface area contributed by atoms with Crippen molar-refractivity contribution in [2.24, 2.45) is 5.73 Å². The quantitative estimate of drug-likeness (QED) is 0.643. The second-order valence-electron chi connectivity index (χ2n) is 4.46. The Labute approximate surface area is 97.9 Å². The second kappa shape index (κ2) is 7.63. The van der Waals surface area contributed by atoms with Gasteiger partial charge in [-0.25, -0.2) is 0 Å². The molecule has 1 aliphatic carbocycles. The lowest BCUT2D eigenvalue weighted by atomic mass is 10.2. The zero-order chi connectivity index (χ0) is 11.8. The predicted octanol–water partition coefficient (Wildman–Crippen LogP) is 1.19. The maximum atomic E-state index is 11.4. The first-order valence-electron chi connectivity index (χ1n) is 6.39. The van der Waals surface area contributed by atoms with Gasteiger partial charge in [-0.3, -0.25) is 4.79 Å². The molecule has 1 unspecified atom stereocenters. The van der Waals surface area contributed by atoms with E-state index in [0.29, 0.717) is 19.3 Å². The molecule has 1 rings (SSSR count). The molecule has 1 fully saturated rings. The van der Waals surface area contributed by atoms with Gasteiger partial charge in [-0.15, -0.1) is 0 Å². The highest BCUT2D eigenvalue weighted by molar-refractivity contribution is 5.81. The fourth-order valence-corrected chi connectivity index (χ4v) is 2.03. The molecule has 0 aliphatic heterocycles. The Morgan fingerprint density at radius 1 is 1.50 bits per heavy atom. The van der Waals surface area contributed by atoms with Crippen LogP contribution in [0.3, 0.4) is 0 Å². The van der Waals surface area contributed by atoms with Crippen LogP contribution in [0.15, 0.2) is 0 Å². The third kappa shape index (κ3) is 4.94. The van der Waals surface area contributed by atoms with Crippen LogP contribution in [0.5, 0.6) is 0 Å². The molecule has 94 valence electrons. The molecule has 0 aromatic heterocycles. The molecule has 0 heterocycles. The summed E-state index contributed by atoms with van der Waals surface area (Å²) >= 11 is 0. The molecule has 0 saturated heterocycles. The lowest BCUT2D eigenvalue weighted by Crippen LogP contribution is -2.41. The van der Waals surface area contributed by atoms with Crippen LogP contribution in [0.1, 0.15) is 45.4 Å². The van der Waals surface area contributed by atoms with E-state index in [9.17, 15) is 4.79 Å². The Morgan fingerprint density at radius 3 is 2.81 bits per heavy atom. The molecule has 0 spiro atoms. The van der Waals surface area contributed by atoms with Crippen molar-refractivity contribution in [3.05, 3.63) is 0 Å². The first-order chi connectivity index (χ1) is 7.74. The molecule has 4 heteroatoms. The zero-order valence-corrected chi connectivity index (χ0v) is 10.2. The van der Waals surface area contributed by atoms with Gasteiger partial charge in [-0.1, -0.05) is 26.2 Å². The third-order valence-corrected chi connectivity index (χ3v) is 2.99. The summed E-state index contributed by atoms with van der Waals surface area (Å²) in [5, 5.41) is 2.80. The highest BCUT2D eigenvalue weighted by atomic mass is 16.5. The van der Waals surface area contributed by atoms with E-state index < -0.39 is 0 Å². The van der Waals surface area contributed by atoms with E-state index >= 15 is 0 Å². The molecule has 0 aromatic carbocycles. The molecule has 1 saturated carbocycles. The Kier molecular flexibility index (Phi) is 6.42. The lowest BCUT2D eigenvalue weighted by Gasteiger charge is -2.13. The number of carbonyl (C=O) groups is 1. The van der Waals surface area contributed by atoms with E-state index in [1.807, 2.05) is 6.92 Å². The standard InChI is InChI=1S/C12H24N2O2/c1-2-5-11(13)12(15)14-8-9-16-10-6-3-4-7-10/h10-11H,2-9,13H2,1H3,(H,14,15). The molecule has 16 heavy (non-hydrogen) atoms. The topological polar surface area (TPSA) is 64.4 Å². The minimum Gasteiger partial charge on any atom is -0.376 e. The number of nitrogens with two attached hydrogens (primary N) is 1. The van der Waals surface area contributed by atoms with Crippen LogP contribution in [0, 0.1) is 0 Å². The average molecular weight is 228 g/mol. The SMILES string of the molecule is CCCC(N)C(=O)NCCOC1CCCC1. The third-order valence-electron chi connectivity index (χ3n) is 2.99. The molecular formula is C12H24N2O2. The molecule has 4 nitrogen and oxygen atoms in total. The van der Waals surface area contributed by atoms with Crippen molar-refractivity contribution in [2.45, 2.75) is 57.6 Å². The lowest BCUT2D eigenvalue weighted by molar-refractivity contribution is -0.122. The molecule has 0 bridgehead atoms. The van der Waals surface area contributed by atoms with Gasteiger partial charge in [0.25, 0.3) is 0 Å². The van der Waals surface area contributed by atoms with Crippen LogP contribution in [-0.2, 0) is 9.53 Å². The van der Waals surface area contributed by atoms with Crippen LogP contribution < -0.4 is 11.1 Å². The van der Waals surface area contributed by atoms with Gasteiger partial charge >= 0.3 is 0 Å². The number of carbonyl (C=O) groups excluding carboxylic acids is 1. The summed E-state index contributed by atoms with van der Waals surface area (Å²) in [6, 6.07) is -0.364. The molecule has 1 atom stereocenters. The van der Waals surface area contributed by atoms with Crippen LogP contribution in [0.4, 0.5) is 0 Å². The van der Waals surface area contributed by atoms with Gasteiger partial charge in [-0.05, 0) is 19.3 Å². The van der Waals surface area contributed by atoms with Crippen LogP contribution in [0.25, 0.3) is 0 Å². The molecule has 3 N–H and O–H groups in total. The smallest absolute Gasteiger partial charge is 0.236 e. The summed E-state index contributed by atoms with van der Waals surface area (Å²) in [6.45, 7) is 3.21. The van der Waals surface area contributed by atoms with E-state index in [-0.39, 0.29) is 11.9 Å². The summed E-state index contributed by atoms with van der Waals surface area (Å²) in [6.07, 6.45) is 6.99. The summed E-state index contributed by atoms with van der Waals surface area (Å²) in [4.78, 5) is 11.4. The highest BCUT2D eigenvalue weighted by Crippen LogP contribution is 2.20. The number of ether oxygens (including phenoxy) is 1. The van der Waals surface area contributed by atoms with Crippen molar-refractivity contribution in [1.82, 2.24) is 5.32 Å². The minimum atomic E-state index is -0.364. The van der Waals surface area contributed by atoms with Gasteiger partial charge in [0.15, 0.2) is 0 Å². The Morgan fingerprint density at radius 2 is 2.19 bits per heavy atom. The maximum absolute atomic E-state index is 11.4. The molecule has 0 radical (unpaired) electrons. The Balaban J connectivity index is 1.99. The fraction of sp³-hybridized carbons (Fsp3) is 0.917. The minimum absolute atomic E-state index is 0.0585. The summed E-state index contributed by atoms with van der Waals surface area (Å²) in [7, 11) is 0. The largest absolute Gasteiger partial charge is 0.376 e. The number of amides is 1. The molecule has 0 aromatic rings. The highest BCUT2D eigenvalue weighted by Gasteiger charge is 2.15.